The fourth-order valence-corrected chi connectivity index (χ4v) is 4.68. The molecule has 1 saturated heterocycles. The third kappa shape index (κ3) is 7.25. The number of aryl methyl sites for hydroxylation is 1. The number of ether oxygens (including phenoxy) is 1. The predicted molar refractivity (Wildman–Crippen MR) is 163 cm³/mol. The topological polar surface area (TPSA) is 137 Å². The number of rotatable bonds is 10. The van der Waals surface area contributed by atoms with Crippen LogP contribution in [0.3, 0.4) is 0 Å². The molecule has 42 heavy (non-hydrogen) atoms. The zero-order valence-electron chi connectivity index (χ0n) is 24.6. The molecular weight excluding hydrogens is 532 g/mol. The van der Waals surface area contributed by atoms with Crippen LogP contribution in [0, 0.1) is 6.92 Å². The summed E-state index contributed by atoms with van der Waals surface area (Å²) in [6, 6.07) is 11.1. The van der Waals surface area contributed by atoms with Crippen molar-refractivity contribution in [2.45, 2.75) is 39.5 Å². The fraction of sp³-hybridized carbons (Fsp3) is 0.400. The summed E-state index contributed by atoms with van der Waals surface area (Å²) in [5, 5.41) is 13.4. The van der Waals surface area contributed by atoms with E-state index < -0.39 is 0 Å². The summed E-state index contributed by atoms with van der Waals surface area (Å²) in [5.41, 5.74) is 3.61. The highest BCUT2D eigenvalue weighted by molar-refractivity contribution is 6.05. The van der Waals surface area contributed by atoms with Gasteiger partial charge in [0.15, 0.2) is 0 Å². The standard InChI is InChI=1S/C30H38N10O2/c1-21-6-7-22(28(41)37-23-8-10-31-25(17-23)30(2,3)4)16-24(21)40(29-35-20-36-38-29)27-18-26(33-19-34-27)32-9-5-11-39-12-14-42-15-13-39/h6-8,10,16-20H,5,9,11-15H2,1-4H3,(H,31,37,41)(H,32,33,34)(H,35,36,38). The number of pyridine rings is 1. The molecule has 4 aromatic rings. The molecule has 1 aromatic carbocycles. The Morgan fingerprint density at radius 1 is 1.05 bits per heavy atom. The predicted octanol–water partition coefficient (Wildman–Crippen LogP) is 4.45. The van der Waals surface area contributed by atoms with E-state index in [4.69, 9.17) is 4.74 Å². The summed E-state index contributed by atoms with van der Waals surface area (Å²) in [5.74, 6) is 1.52. The molecule has 4 heterocycles. The lowest BCUT2D eigenvalue weighted by Gasteiger charge is -2.26. The fourth-order valence-electron chi connectivity index (χ4n) is 4.68. The molecule has 5 rings (SSSR count). The number of carbonyl (C=O) groups excluding carboxylic acids is 1. The molecule has 1 amide bonds. The summed E-state index contributed by atoms with van der Waals surface area (Å²) in [6.45, 7) is 13.6. The van der Waals surface area contributed by atoms with Crippen molar-refractivity contribution < 1.29 is 9.53 Å². The second-order valence-corrected chi connectivity index (χ2v) is 11.3. The lowest BCUT2D eigenvalue weighted by molar-refractivity contribution is 0.0378. The van der Waals surface area contributed by atoms with Crippen LogP contribution >= 0.6 is 0 Å². The molecule has 0 radical (unpaired) electrons. The lowest BCUT2D eigenvalue weighted by atomic mass is 9.91. The molecular formula is C30H38N10O2. The highest BCUT2D eigenvalue weighted by Crippen LogP contribution is 2.34. The van der Waals surface area contributed by atoms with Gasteiger partial charge in [-0.25, -0.2) is 15.1 Å². The molecule has 1 aliphatic rings. The molecule has 220 valence electrons. The number of nitrogens with zero attached hydrogens (tertiary/aromatic N) is 7. The summed E-state index contributed by atoms with van der Waals surface area (Å²) in [7, 11) is 0. The third-order valence-corrected chi connectivity index (χ3v) is 7.06. The van der Waals surface area contributed by atoms with Crippen LogP contribution in [0.4, 0.5) is 29.0 Å². The van der Waals surface area contributed by atoms with Crippen LogP contribution in [-0.4, -0.2) is 80.3 Å². The Balaban J connectivity index is 1.35. The van der Waals surface area contributed by atoms with Crippen molar-refractivity contribution in [3.63, 3.8) is 0 Å². The first-order valence-electron chi connectivity index (χ1n) is 14.2. The van der Waals surface area contributed by atoms with Gasteiger partial charge < -0.3 is 15.4 Å². The van der Waals surface area contributed by atoms with Gasteiger partial charge in [0.2, 0.25) is 5.95 Å². The molecule has 1 fully saturated rings. The number of hydrogen-bond donors (Lipinski definition) is 3. The number of amides is 1. The van der Waals surface area contributed by atoms with Crippen LogP contribution in [0.25, 0.3) is 0 Å². The van der Waals surface area contributed by atoms with Crippen LogP contribution in [0.5, 0.6) is 0 Å². The average Bonchev–Trinajstić information content (AvgIpc) is 3.51. The number of anilines is 5. The van der Waals surface area contributed by atoms with E-state index in [1.54, 1.807) is 18.3 Å². The maximum absolute atomic E-state index is 13.4. The van der Waals surface area contributed by atoms with Gasteiger partial charge in [0, 0.05) is 54.3 Å². The first-order valence-corrected chi connectivity index (χ1v) is 14.2. The molecule has 0 spiro atoms. The normalized spacial score (nSPS) is 14.0. The van der Waals surface area contributed by atoms with Gasteiger partial charge in [-0.05, 0) is 49.7 Å². The van der Waals surface area contributed by atoms with Crippen LogP contribution in [0.1, 0.15) is 48.8 Å². The quantitative estimate of drug-likeness (QED) is 0.235. The van der Waals surface area contributed by atoms with Crippen LogP contribution in [-0.2, 0) is 10.2 Å². The Hall–Kier alpha value is -4.42. The number of aromatic amines is 1. The van der Waals surface area contributed by atoms with Crippen molar-refractivity contribution >= 4 is 34.9 Å². The zero-order chi connectivity index (χ0) is 29.5. The minimum absolute atomic E-state index is 0.136. The summed E-state index contributed by atoms with van der Waals surface area (Å²) < 4.78 is 5.43. The van der Waals surface area contributed by atoms with Crippen molar-refractivity contribution in [2.75, 3.05) is 54.9 Å². The number of nitrogens with one attached hydrogen (secondary N) is 3. The van der Waals surface area contributed by atoms with Crippen LogP contribution < -0.4 is 15.5 Å². The molecule has 0 saturated carbocycles. The van der Waals surface area contributed by atoms with Gasteiger partial charge in [-0.1, -0.05) is 26.8 Å². The van der Waals surface area contributed by atoms with E-state index in [1.807, 2.05) is 36.1 Å². The summed E-state index contributed by atoms with van der Waals surface area (Å²) in [4.78, 5) is 35.4. The Morgan fingerprint density at radius 3 is 2.64 bits per heavy atom. The van der Waals surface area contributed by atoms with Gasteiger partial charge in [0.05, 0.1) is 18.9 Å². The molecule has 0 atom stereocenters. The lowest BCUT2D eigenvalue weighted by Crippen LogP contribution is -2.37. The van der Waals surface area contributed by atoms with E-state index in [1.165, 1.54) is 12.7 Å². The van der Waals surface area contributed by atoms with Gasteiger partial charge >= 0.3 is 0 Å². The van der Waals surface area contributed by atoms with Crippen molar-refractivity contribution in [1.82, 2.24) is 35.0 Å². The average molecular weight is 571 g/mol. The van der Waals surface area contributed by atoms with Crippen LogP contribution in [0.15, 0.2) is 55.2 Å². The van der Waals surface area contributed by atoms with Crippen molar-refractivity contribution in [3.8, 4) is 0 Å². The number of carbonyl (C=O) groups is 1. The monoisotopic (exact) mass is 570 g/mol. The number of benzene rings is 1. The molecule has 3 N–H and O–H groups in total. The molecule has 1 aliphatic heterocycles. The zero-order valence-corrected chi connectivity index (χ0v) is 24.6. The molecule has 12 heteroatoms. The molecule has 3 aromatic heterocycles. The Kier molecular flexibility index (Phi) is 9.03. The Morgan fingerprint density at radius 2 is 1.88 bits per heavy atom. The van der Waals surface area contributed by atoms with E-state index in [2.05, 4.69) is 66.4 Å². The minimum Gasteiger partial charge on any atom is -0.379 e. The second kappa shape index (κ2) is 13.0. The van der Waals surface area contributed by atoms with Gasteiger partial charge in [-0.15, -0.1) is 0 Å². The number of hydrogen-bond acceptors (Lipinski definition) is 10. The molecule has 0 aliphatic carbocycles. The highest BCUT2D eigenvalue weighted by Gasteiger charge is 2.22. The molecule has 12 nitrogen and oxygen atoms in total. The minimum atomic E-state index is -0.231. The first kappa shape index (κ1) is 29.1. The van der Waals surface area contributed by atoms with Gasteiger partial charge in [0.25, 0.3) is 5.91 Å². The SMILES string of the molecule is Cc1ccc(C(=O)Nc2ccnc(C(C)(C)C)c2)cc1N(c1cc(NCCCN2CCOCC2)ncn1)c1ncn[nH]1. The first-order chi connectivity index (χ1) is 20.3. The summed E-state index contributed by atoms with van der Waals surface area (Å²) >= 11 is 0. The van der Waals surface area contributed by atoms with E-state index in [-0.39, 0.29) is 11.3 Å². The Bertz CT molecular complexity index is 1480. The van der Waals surface area contributed by atoms with Gasteiger partial charge in [-0.2, -0.15) is 10.1 Å². The number of H-pyrrole nitrogens is 1. The van der Waals surface area contributed by atoms with E-state index >= 15 is 0 Å². The maximum atomic E-state index is 13.4. The number of aromatic nitrogens is 6. The van der Waals surface area contributed by atoms with Gasteiger partial charge in [0.1, 0.15) is 24.3 Å². The van der Waals surface area contributed by atoms with E-state index in [0.29, 0.717) is 28.8 Å². The third-order valence-electron chi connectivity index (χ3n) is 7.06. The highest BCUT2D eigenvalue weighted by atomic mass is 16.5. The summed E-state index contributed by atoms with van der Waals surface area (Å²) in [6.07, 6.45) is 5.66. The molecule has 0 unspecified atom stereocenters. The van der Waals surface area contributed by atoms with Crippen molar-refractivity contribution in [3.05, 3.63) is 72.1 Å². The van der Waals surface area contributed by atoms with Crippen molar-refractivity contribution in [2.24, 2.45) is 0 Å². The number of morpholine rings is 1. The van der Waals surface area contributed by atoms with E-state index in [0.717, 1.165) is 62.8 Å². The van der Waals surface area contributed by atoms with Crippen molar-refractivity contribution in [1.29, 1.82) is 0 Å². The Labute approximate surface area is 246 Å². The van der Waals surface area contributed by atoms with E-state index in [9.17, 15) is 4.79 Å². The largest absolute Gasteiger partial charge is 0.379 e. The maximum Gasteiger partial charge on any atom is 0.255 e. The van der Waals surface area contributed by atoms with Crippen LogP contribution in [0.2, 0.25) is 0 Å². The van der Waals surface area contributed by atoms with Gasteiger partial charge in [-0.3, -0.25) is 19.6 Å². The second-order valence-electron chi connectivity index (χ2n) is 11.3. The smallest absolute Gasteiger partial charge is 0.255 e. The molecule has 0 bridgehead atoms.